The lowest BCUT2D eigenvalue weighted by atomic mass is 10.0. The summed E-state index contributed by atoms with van der Waals surface area (Å²) in [5.74, 6) is 0.0942. The molecule has 0 unspecified atom stereocenters. The molecule has 1 amide bonds. The van der Waals surface area contributed by atoms with E-state index in [4.69, 9.17) is 14.5 Å². The van der Waals surface area contributed by atoms with Crippen molar-refractivity contribution in [2.75, 3.05) is 26.8 Å². The zero-order valence-corrected chi connectivity index (χ0v) is 17.7. The second-order valence-electron chi connectivity index (χ2n) is 7.67. The molecular formula is C25H26N2O4. The zero-order valence-electron chi connectivity index (χ0n) is 17.7. The Morgan fingerprint density at radius 2 is 1.68 bits per heavy atom. The third kappa shape index (κ3) is 4.85. The molecule has 160 valence electrons. The molecule has 6 nitrogen and oxygen atoms in total. The van der Waals surface area contributed by atoms with Crippen LogP contribution in [0.5, 0.6) is 5.75 Å². The summed E-state index contributed by atoms with van der Waals surface area (Å²) >= 11 is 0. The number of methoxy groups -OCH3 is 1. The predicted octanol–water partition coefficient (Wildman–Crippen LogP) is 4.47. The second-order valence-corrected chi connectivity index (χ2v) is 7.67. The van der Waals surface area contributed by atoms with Crippen molar-refractivity contribution in [2.45, 2.75) is 25.7 Å². The first kappa shape index (κ1) is 20.8. The summed E-state index contributed by atoms with van der Waals surface area (Å²) in [5, 5.41) is 0.701. The first-order valence-corrected chi connectivity index (χ1v) is 10.6. The topological polar surface area (TPSA) is 68.7 Å². The SMILES string of the molecule is COc1ccc(-c2cc(C(=O)OCC(=O)N3CCCCCC3)c3ccccc3n2)cc1. The van der Waals surface area contributed by atoms with Crippen LogP contribution in [-0.4, -0.2) is 48.6 Å². The smallest absolute Gasteiger partial charge is 0.339 e. The molecule has 1 aliphatic heterocycles. The van der Waals surface area contributed by atoms with Crippen molar-refractivity contribution in [1.29, 1.82) is 0 Å². The molecule has 0 N–H and O–H groups in total. The summed E-state index contributed by atoms with van der Waals surface area (Å²) in [6, 6.07) is 16.7. The third-order valence-electron chi connectivity index (χ3n) is 5.61. The van der Waals surface area contributed by atoms with Gasteiger partial charge in [-0.3, -0.25) is 4.79 Å². The molecule has 31 heavy (non-hydrogen) atoms. The average Bonchev–Trinajstić information content (AvgIpc) is 3.11. The first-order chi connectivity index (χ1) is 15.2. The fraction of sp³-hybridized carbons (Fsp3) is 0.320. The van der Waals surface area contributed by atoms with E-state index in [-0.39, 0.29) is 12.5 Å². The number of likely N-dealkylation sites (tertiary alicyclic amines) is 1. The van der Waals surface area contributed by atoms with Crippen molar-refractivity contribution in [3.63, 3.8) is 0 Å². The van der Waals surface area contributed by atoms with Gasteiger partial charge >= 0.3 is 5.97 Å². The van der Waals surface area contributed by atoms with Crippen LogP contribution in [0.15, 0.2) is 54.6 Å². The molecule has 0 spiro atoms. The fourth-order valence-electron chi connectivity index (χ4n) is 3.87. The number of hydrogen-bond acceptors (Lipinski definition) is 5. The minimum absolute atomic E-state index is 0.135. The summed E-state index contributed by atoms with van der Waals surface area (Å²) in [4.78, 5) is 32.0. The molecule has 0 radical (unpaired) electrons. The van der Waals surface area contributed by atoms with Crippen molar-refractivity contribution in [3.05, 3.63) is 60.2 Å². The van der Waals surface area contributed by atoms with E-state index >= 15 is 0 Å². The number of benzene rings is 2. The minimum atomic E-state index is -0.517. The van der Waals surface area contributed by atoms with Gasteiger partial charge in [-0.25, -0.2) is 9.78 Å². The van der Waals surface area contributed by atoms with Gasteiger partial charge in [-0.05, 0) is 49.2 Å². The Morgan fingerprint density at radius 3 is 2.39 bits per heavy atom. The van der Waals surface area contributed by atoms with Crippen LogP contribution in [0.2, 0.25) is 0 Å². The molecule has 4 rings (SSSR count). The van der Waals surface area contributed by atoms with Crippen LogP contribution in [0, 0.1) is 0 Å². The van der Waals surface area contributed by atoms with Gasteiger partial charge in [-0.1, -0.05) is 31.0 Å². The first-order valence-electron chi connectivity index (χ1n) is 10.6. The molecular weight excluding hydrogens is 392 g/mol. The van der Waals surface area contributed by atoms with Gasteiger partial charge in [0.05, 0.1) is 23.9 Å². The van der Waals surface area contributed by atoms with Crippen LogP contribution in [0.1, 0.15) is 36.0 Å². The molecule has 1 aliphatic rings. The van der Waals surface area contributed by atoms with E-state index in [9.17, 15) is 9.59 Å². The molecule has 1 aromatic heterocycles. The molecule has 1 fully saturated rings. The molecule has 2 aromatic carbocycles. The van der Waals surface area contributed by atoms with E-state index in [0.29, 0.717) is 22.2 Å². The quantitative estimate of drug-likeness (QED) is 0.572. The summed E-state index contributed by atoms with van der Waals surface area (Å²) in [6.07, 6.45) is 4.28. The van der Waals surface area contributed by atoms with E-state index in [2.05, 4.69) is 0 Å². The number of esters is 1. The Morgan fingerprint density at radius 1 is 0.968 bits per heavy atom. The molecule has 1 saturated heterocycles. The Balaban J connectivity index is 1.57. The zero-order chi connectivity index (χ0) is 21.6. The van der Waals surface area contributed by atoms with Crippen LogP contribution < -0.4 is 4.74 Å². The molecule has 0 bridgehead atoms. The molecule has 0 aliphatic carbocycles. The van der Waals surface area contributed by atoms with Crippen LogP contribution in [0.4, 0.5) is 0 Å². The van der Waals surface area contributed by atoms with Crippen LogP contribution in [-0.2, 0) is 9.53 Å². The van der Waals surface area contributed by atoms with E-state index in [0.717, 1.165) is 50.1 Å². The van der Waals surface area contributed by atoms with E-state index in [1.165, 1.54) is 0 Å². The summed E-state index contributed by atoms with van der Waals surface area (Å²) < 4.78 is 10.7. The van der Waals surface area contributed by atoms with E-state index in [1.807, 2.05) is 48.5 Å². The standard InChI is InChI=1S/C25H26N2O4/c1-30-19-12-10-18(11-13-19)23-16-21(20-8-4-5-9-22(20)26-23)25(29)31-17-24(28)27-14-6-2-3-7-15-27/h4-5,8-13,16H,2-3,6-7,14-15,17H2,1H3. The highest BCUT2D eigenvalue weighted by Crippen LogP contribution is 2.27. The monoisotopic (exact) mass is 418 g/mol. The Bertz CT molecular complexity index is 1070. The average molecular weight is 418 g/mol. The summed E-state index contributed by atoms with van der Waals surface area (Å²) in [6.45, 7) is 1.22. The number of aromatic nitrogens is 1. The largest absolute Gasteiger partial charge is 0.497 e. The number of amides is 1. The Kier molecular flexibility index (Phi) is 6.46. The van der Waals surface area contributed by atoms with Gasteiger partial charge in [0, 0.05) is 24.0 Å². The van der Waals surface area contributed by atoms with Gasteiger partial charge in [-0.2, -0.15) is 0 Å². The number of carbonyl (C=O) groups excluding carboxylic acids is 2. The van der Waals surface area contributed by atoms with Gasteiger partial charge < -0.3 is 14.4 Å². The van der Waals surface area contributed by atoms with E-state index < -0.39 is 5.97 Å². The lowest BCUT2D eigenvalue weighted by molar-refractivity contribution is -0.134. The molecule has 0 saturated carbocycles. The molecule has 6 heteroatoms. The molecule has 0 atom stereocenters. The van der Waals surface area contributed by atoms with Gasteiger partial charge in [0.1, 0.15) is 5.75 Å². The van der Waals surface area contributed by atoms with Crippen molar-refractivity contribution >= 4 is 22.8 Å². The van der Waals surface area contributed by atoms with Gasteiger partial charge in [-0.15, -0.1) is 0 Å². The summed E-state index contributed by atoms with van der Waals surface area (Å²) in [5.41, 5.74) is 2.62. The van der Waals surface area contributed by atoms with Crippen LogP contribution in [0.3, 0.4) is 0 Å². The minimum Gasteiger partial charge on any atom is -0.497 e. The van der Waals surface area contributed by atoms with Crippen molar-refractivity contribution in [1.82, 2.24) is 9.88 Å². The number of fused-ring (bicyclic) bond motifs is 1. The van der Waals surface area contributed by atoms with Gasteiger partial charge in [0.25, 0.3) is 5.91 Å². The maximum absolute atomic E-state index is 13.0. The highest BCUT2D eigenvalue weighted by atomic mass is 16.5. The van der Waals surface area contributed by atoms with Crippen LogP contribution in [0.25, 0.3) is 22.2 Å². The number of carbonyl (C=O) groups is 2. The number of rotatable bonds is 5. The predicted molar refractivity (Wildman–Crippen MR) is 119 cm³/mol. The van der Waals surface area contributed by atoms with E-state index in [1.54, 1.807) is 18.1 Å². The maximum Gasteiger partial charge on any atom is 0.339 e. The van der Waals surface area contributed by atoms with Crippen molar-refractivity contribution in [2.24, 2.45) is 0 Å². The maximum atomic E-state index is 13.0. The van der Waals surface area contributed by atoms with Crippen LogP contribution >= 0.6 is 0 Å². The number of nitrogens with zero attached hydrogens (tertiary/aromatic N) is 2. The van der Waals surface area contributed by atoms with Crippen molar-refractivity contribution in [3.8, 4) is 17.0 Å². The highest BCUT2D eigenvalue weighted by molar-refractivity contribution is 6.05. The number of hydrogen-bond donors (Lipinski definition) is 0. The number of para-hydroxylation sites is 1. The third-order valence-corrected chi connectivity index (χ3v) is 5.61. The second kappa shape index (κ2) is 9.60. The summed E-state index contributed by atoms with van der Waals surface area (Å²) in [7, 11) is 1.62. The molecule has 2 heterocycles. The normalized spacial score (nSPS) is 14.2. The van der Waals surface area contributed by atoms with Gasteiger partial charge in [0.15, 0.2) is 6.61 Å². The Labute approximate surface area is 181 Å². The van der Waals surface area contributed by atoms with Crippen molar-refractivity contribution < 1.29 is 19.1 Å². The highest BCUT2D eigenvalue weighted by Gasteiger charge is 2.20. The lowest BCUT2D eigenvalue weighted by Gasteiger charge is -2.20. The number of ether oxygens (including phenoxy) is 2. The lowest BCUT2D eigenvalue weighted by Crippen LogP contribution is -2.35. The Hall–Kier alpha value is -3.41. The fourth-order valence-corrected chi connectivity index (χ4v) is 3.87. The van der Waals surface area contributed by atoms with Gasteiger partial charge in [0.2, 0.25) is 0 Å². The number of pyridine rings is 1. The molecule has 3 aromatic rings.